The van der Waals surface area contributed by atoms with Crippen molar-refractivity contribution in [1.29, 1.82) is 0 Å². The lowest BCUT2D eigenvalue weighted by Gasteiger charge is -2.14. The number of nitrogens with one attached hydrogen (secondary N) is 1. The number of hydrogen-bond acceptors (Lipinski definition) is 5. The quantitative estimate of drug-likeness (QED) is 0.646. The number of nitrogens with zero attached hydrogens (tertiary/aromatic N) is 2. The Morgan fingerprint density at radius 2 is 2.05 bits per heavy atom. The maximum atomic E-state index is 5.88. The minimum atomic E-state index is 0.390. The summed E-state index contributed by atoms with van der Waals surface area (Å²) in [4.78, 5) is 8.34. The third-order valence-corrected chi connectivity index (χ3v) is 3.02. The lowest BCUT2D eigenvalue weighted by Crippen LogP contribution is -2.09. The zero-order valence-corrected chi connectivity index (χ0v) is 12.1. The van der Waals surface area contributed by atoms with Gasteiger partial charge in [0.1, 0.15) is 12.4 Å². The highest BCUT2D eigenvalue weighted by Crippen LogP contribution is 2.28. The molecule has 1 aromatic carbocycles. The molecule has 0 aliphatic rings. The summed E-state index contributed by atoms with van der Waals surface area (Å²) in [5.74, 6) is 7.11. The molecule has 5 heteroatoms. The van der Waals surface area contributed by atoms with E-state index >= 15 is 0 Å². The van der Waals surface area contributed by atoms with Gasteiger partial charge in [-0.05, 0) is 30.0 Å². The van der Waals surface area contributed by atoms with Gasteiger partial charge < -0.3 is 10.2 Å². The molecule has 2 rings (SSSR count). The summed E-state index contributed by atoms with van der Waals surface area (Å²) in [6.07, 6.45) is 3.23. The molecule has 0 saturated heterocycles. The fourth-order valence-corrected chi connectivity index (χ4v) is 1.90. The minimum Gasteiger partial charge on any atom is -0.487 e. The summed E-state index contributed by atoms with van der Waals surface area (Å²) in [6, 6.07) is 6.27. The maximum absolute atomic E-state index is 5.88. The fraction of sp³-hybridized carbons (Fsp3) is 0.333. The van der Waals surface area contributed by atoms with Crippen LogP contribution in [0.5, 0.6) is 5.75 Å². The van der Waals surface area contributed by atoms with Crippen LogP contribution in [0.2, 0.25) is 0 Å². The molecule has 3 N–H and O–H groups in total. The Morgan fingerprint density at radius 1 is 1.25 bits per heavy atom. The van der Waals surface area contributed by atoms with Gasteiger partial charge in [0.2, 0.25) is 0 Å². The zero-order valence-electron chi connectivity index (χ0n) is 12.1. The first-order chi connectivity index (χ1) is 9.60. The minimum absolute atomic E-state index is 0.390. The third kappa shape index (κ3) is 3.45. The number of benzene rings is 1. The van der Waals surface area contributed by atoms with E-state index < -0.39 is 0 Å². The monoisotopic (exact) mass is 272 g/mol. The summed E-state index contributed by atoms with van der Waals surface area (Å²) in [7, 11) is 0. The Kier molecular flexibility index (Phi) is 4.53. The molecule has 1 aromatic heterocycles. The number of rotatable bonds is 5. The molecule has 0 atom stereocenters. The van der Waals surface area contributed by atoms with Crippen LogP contribution in [-0.4, -0.2) is 9.97 Å². The standard InChI is InChI=1S/C15H20N4O/c1-10(2)13-5-4-11(3)6-14(13)20-9-12-7-18-15(19-16)8-17-12/h4-8,10H,9,16H2,1-3H3,(H,18,19). The lowest BCUT2D eigenvalue weighted by atomic mass is 10.0. The molecule has 0 amide bonds. The number of anilines is 1. The molecule has 0 bridgehead atoms. The molecule has 2 aromatic rings. The van der Waals surface area contributed by atoms with Gasteiger partial charge in [0.25, 0.3) is 0 Å². The van der Waals surface area contributed by atoms with Gasteiger partial charge in [0, 0.05) is 0 Å². The molecule has 1 heterocycles. The summed E-state index contributed by atoms with van der Waals surface area (Å²) >= 11 is 0. The Labute approximate surface area is 119 Å². The van der Waals surface area contributed by atoms with Crippen LogP contribution >= 0.6 is 0 Å². The van der Waals surface area contributed by atoms with E-state index in [1.165, 1.54) is 11.1 Å². The van der Waals surface area contributed by atoms with Crippen LogP contribution < -0.4 is 16.0 Å². The zero-order chi connectivity index (χ0) is 14.5. The van der Waals surface area contributed by atoms with Crippen LogP contribution in [0.15, 0.2) is 30.6 Å². The second-order valence-corrected chi connectivity index (χ2v) is 5.02. The molecule has 106 valence electrons. The van der Waals surface area contributed by atoms with Crippen LogP contribution in [0.1, 0.15) is 36.6 Å². The van der Waals surface area contributed by atoms with Crippen LogP contribution in [0.25, 0.3) is 0 Å². The van der Waals surface area contributed by atoms with E-state index in [1.54, 1.807) is 12.4 Å². The molecule has 0 radical (unpaired) electrons. The molecular formula is C15H20N4O. The van der Waals surface area contributed by atoms with Crippen LogP contribution in [-0.2, 0) is 6.61 Å². The molecule has 0 saturated carbocycles. The molecule has 5 nitrogen and oxygen atoms in total. The number of hydrazine groups is 1. The highest BCUT2D eigenvalue weighted by atomic mass is 16.5. The molecule has 0 spiro atoms. The van der Waals surface area contributed by atoms with Gasteiger partial charge in [-0.1, -0.05) is 26.0 Å². The highest BCUT2D eigenvalue weighted by Gasteiger charge is 2.08. The first-order valence-corrected chi connectivity index (χ1v) is 6.61. The molecule has 0 fully saturated rings. The van der Waals surface area contributed by atoms with Crippen molar-refractivity contribution in [2.45, 2.75) is 33.3 Å². The smallest absolute Gasteiger partial charge is 0.158 e. The number of aryl methyl sites for hydroxylation is 1. The van der Waals surface area contributed by atoms with Crippen LogP contribution in [0.4, 0.5) is 5.82 Å². The first-order valence-electron chi connectivity index (χ1n) is 6.61. The average Bonchev–Trinajstić information content (AvgIpc) is 2.45. The van der Waals surface area contributed by atoms with Crippen molar-refractivity contribution < 1.29 is 4.74 Å². The molecule has 20 heavy (non-hydrogen) atoms. The fourth-order valence-electron chi connectivity index (χ4n) is 1.90. The number of nitrogens with two attached hydrogens (primary N) is 1. The van der Waals surface area contributed by atoms with E-state index in [0.29, 0.717) is 18.3 Å². The summed E-state index contributed by atoms with van der Waals surface area (Å²) in [5.41, 5.74) is 5.59. The maximum Gasteiger partial charge on any atom is 0.158 e. The van der Waals surface area contributed by atoms with Crippen molar-refractivity contribution >= 4 is 5.82 Å². The van der Waals surface area contributed by atoms with Crippen LogP contribution in [0, 0.1) is 6.92 Å². The Balaban J connectivity index is 2.11. The van der Waals surface area contributed by atoms with Crippen molar-refractivity contribution in [3.05, 3.63) is 47.4 Å². The first kappa shape index (κ1) is 14.3. The second kappa shape index (κ2) is 6.34. The van der Waals surface area contributed by atoms with Crippen molar-refractivity contribution in [3.63, 3.8) is 0 Å². The largest absolute Gasteiger partial charge is 0.487 e. The van der Waals surface area contributed by atoms with E-state index in [1.807, 2.05) is 0 Å². The number of nitrogen functional groups attached to an aromatic ring is 1. The lowest BCUT2D eigenvalue weighted by molar-refractivity contribution is 0.296. The van der Waals surface area contributed by atoms with Gasteiger partial charge in [0.05, 0.1) is 18.1 Å². The SMILES string of the molecule is Cc1ccc(C(C)C)c(OCc2cnc(NN)cn2)c1. The van der Waals surface area contributed by atoms with E-state index in [9.17, 15) is 0 Å². The van der Waals surface area contributed by atoms with Crippen molar-refractivity contribution in [3.8, 4) is 5.75 Å². The van der Waals surface area contributed by atoms with E-state index in [0.717, 1.165) is 11.4 Å². The molecule has 0 aliphatic carbocycles. The highest BCUT2D eigenvalue weighted by molar-refractivity contribution is 5.39. The van der Waals surface area contributed by atoms with Gasteiger partial charge in [-0.3, -0.25) is 4.98 Å². The number of hydrogen-bond donors (Lipinski definition) is 2. The molecule has 0 aliphatic heterocycles. The van der Waals surface area contributed by atoms with Crippen molar-refractivity contribution in [2.24, 2.45) is 5.84 Å². The summed E-state index contributed by atoms with van der Waals surface area (Å²) in [6.45, 7) is 6.75. The van der Waals surface area contributed by atoms with E-state index in [4.69, 9.17) is 10.6 Å². The van der Waals surface area contributed by atoms with Crippen molar-refractivity contribution in [2.75, 3.05) is 5.43 Å². The van der Waals surface area contributed by atoms with Gasteiger partial charge in [0.15, 0.2) is 5.82 Å². The summed E-state index contributed by atoms with van der Waals surface area (Å²) in [5, 5.41) is 0. The van der Waals surface area contributed by atoms with E-state index in [2.05, 4.69) is 54.4 Å². The molecule has 0 unspecified atom stereocenters. The van der Waals surface area contributed by atoms with Gasteiger partial charge >= 0.3 is 0 Å². The Morgan fingerprint density at radius 3 is 2.65 bits per heavy atom. The Hall–Kier alpha value is -2.14. The van der Waals surface area contributed by atoms with Gasteiger partial charge in [-0.25, -0.2) is 10.8 Å². The number of ether oxygens (including phenoxy) is 1. The summed E-state index contributed by atoms with van der Waals surface area (Å²) < 4.78 is 5.88. The predicted octanol–water partition coefficient (Wildman–Crippen LogP) is 2.77. The van der Waals surface area contributed by atoms with Crippen LogP contribution in [0.3, 0.4) is 0 Å². The normalized spacial score (nSPS) is 10.7. The average molecular weight is 272 g/mol. The Bertz CT molecular complexity index is 567. The topological polar surface area (TPSA) is 73.1 Å². The van der Waals surface area contributed by atoms with Gasteiger partial charge in [-0.2, -0.15) is 0 Å². The second-order valence-electron chi connectivity index (χ2n) is 5.02. The predicted molar refractivity (Wildman–Crippen MR) is 79.4 cm³/mol. The molecular weight excluding hydrogens is 252 g/mol. The third-order valence-electron chi connectivity index (χ3n) is 3.02. The van der Waals surface area contributed by atoms with Gasteiger partial charge in [-0.15, -0.1) is 0 Å². The van der Waals surface area contributed by atoms with E-state index in [-0.39, 0.29) is 0 Å². The van der Waals surface area contributed by atoms with Crippen molar-refractivity contribution in [1.82, 2.24) is 9.97 Å². The number of aromatic nitrogens is 2.